The average molecular weight is 342 g/mol. The number of aryl methyl sites for hydroxylation is 1. The normalized spacial score (nSPS) is 20.0. The zero-order chi connectivity index (χ0) is 16.9. The summed E-state index contributed by atoms with van der Waals surface area (Å²) in [6.07, 6.45) is 4.73. The number of ether oxygens (including phenoxy) is 1. The molecule has 1 saturated heterocycles. The summed E-state index contributed by atoms with van der Waals surface area (Å²) in [6.45, 7) is 4.77. The fourth-order valence-corrected chi connectivity index (χ4v) is 3.26. The zero-order valence-electron chi connectivity index (χ0n) is 13.4. The van der Waals surface area contributed by atoms with E-state index in [1.807, 2.05) is 24.0 Å². The maximum Gasteiger partial charge on any atom is 0.286 e. The van der Waals surface area contributed by atoms with Crippen LogP contribution in [-0.4, -0.2) is 48.1 Å². The lowest BCUT2D eigenvalue weighted by molar-refractivity contribution is -0.113. The zero-order valence-corrected chi connectivity index (χ0v) is 14.2. The van der Waals surface area contributed by atoms with Gasteiger partial charge in [-0.05, 0) is 30.8 Å². The van der Waals surface area contributed by atoms with E-state index >= 15 is 0 Å². The minimum Gasteiger partial charge on any atom is -0.378 e. The highest BCUT2D eigenvalue weighted by Crippen LogP contribution is 2.28. The minimum atomic E-state index is -0.256. The summed E-state index contributed by atoms with van der Waals surface area (Å²) in [4.78, 5) is 30.7. The molecule has 0 saturated carbocycles. The number of amides is 1. The van der Waals surface area contributed by atoms with Crippen LogP contribution in [0.2, 0.25) is 0 Å². The number of allylic oxidation sites excluding steroid dienone is 3. The van der Waals surface area contributed by atoms with Gasteiger partial charge >= 0.3 is 0 Å². The van der Waals surface area contributed by atoms with Crippen LogP contribution in [0, 0.1) is 6.92 Å². The van der Waals surface area contributed by atoms with Crippen molar-refractivity contribution in [2.75, 3.05) is 26.3 Å². The van der Waals surface area contributed by atoms with E-state index < -0.39 is 0 Å². The van der Waals surface area contributed by atoms with Crippen molar-refractivity contribution in [3.8, 4) is 0 Å². The SMILES string of the molecule is Cc1ccc(C(=O)C=CC=C2SC(N3CCOCC3)=NC2=O)cc1. The van der Waals surface area contributed by atoms with E-state index in [0.717, 1.165) is 18.7 Å². The van der Waals surface area contributed by atoms with Gasteiger partial charge in [-0.3, -0.25) is 9.59 Å². The number of morpholine rings is 1. The fourth-order valence-electron chi connectivity index (χ4n) is 2.34. The second-order valence-electron chi connectivity index (χ2n) is 5.52. The maximum absolute atomic E-state index is 12.1. The van der Waals surface area contributed by atoms with Gasteiger partial charge in [-0.25, -0.2) is 0 Å². The van der Waals surface area contributed by atoms with Gasteiger partial charge in [-0.2, -0.15) is 4.99 Å². The van der Waals surface area contributed by atoms with E-state index in [1.54, 1.807) is 24.3 Å². The van der Waals surface area contributed by atoms with Crippen LogP contribution in [0.15, 0.2) is 52.4 Å². The smallest absolute Gasteiger partial charge is 0.286 e. The Balaban J connectivity index is 1.61. The molecule has 0 radical (unpaired) electrons. The van der Waals surface area contributed by atoms with Crippen molar-refractivity contribution in [3.63, 3.8) is 0 Å². The van der Waals surface area contributed by atoms with Gasteiger partial charge in [0.05, 0.1) is 18.1 Å². The Bertz CT molecular complexity index is 729. The first-order valence-corrected chi connectivity index (χ1v) is 8.58. The molecule has 1 amide bonds. The Morgan fingerprint density at radius 3 is 2.67 bits per heavy atom. The number of thioether (sulfide) groups is 1. The van der Waals surface area contributed by atoms with Crippen LogP contribution >= 0.6 is 11.8 Å². The Kier molecular flexibility index (Phi) is 5.27. The monoisotopic (exact) mass is 342 g/mol. The van der Waals surface area contributed by atoms with Crippen molar-refractivity contribution in [2.45, 2.75) is 6.92 Å². The number of hydrogen-bond donors (Lipinski definition) is 0. The number of carbonyl (C=O) groups excluding carboxylic acids is 2. The number of rotatable bonds is 3. The van der Waals surface area contributed by atoms with Gasteiger partial charge in [0, 0.05) is 18.7 Å². The third-order valence-electron chi connectivity index (χ3n) is 3.72. The van der Waals surface area contributed by atoms with Crippen LogP contribution in [0.1, 0.15) is 15.9 Å². The molecular formula is C18H18N2O3S. The molecule has 3 rings (SSSR count). The molecule has 0 unspecified atom stereocenters. The lowest BCUT2D eigenvalue weighted by Crippen LogP contribution is -2.38. The maximum atomic E-state index is 12.1. The molecule has 2 aliphatic rings. The molecule has 0 N–H and O–H groups in total. The summed E-state index contributed by atoms with van der Waals surface area (Å²) in [5.41, 5.74) is 1.74. The molecule has 0 bridgehead atoms. The first-order chi connectivity index (χ1) is 11.6. The summed E-state index contributed by atoms with van der Waals surface area (Å²) >= 11 is 1.34. The van der Waals surface area contributed by atoms with Crippen molar-refractivity contribution in [2.24, 2.45) is 4.99 Å². The van der Waals surface area contributed by atoms with Crippen LogP contribution in [0.5, 0.6) is 0 Å². The summed E-state index contributed by atoms with van der Waals surface area (Å²) in [5.74, 6) is -0.342. The summed E-state index contributed by atoms with van der Waals surface area (Å²) < 4.78 is 5.30. The molecule has 5 nitrogen and oxygen atoms in total. The third kappa shape index (κ3) is 4.01. The van der Waals surface area contributed by atoms with E-state index in [1.165, 1.54) is 17.8 Å². The van der Waals surface area contributed by atoms with E-state index in [4.69, 9.17) is 4.74 Å². The van der Waals surface area contributed by atoms with E-state index in [-0.39, 0.29) is 11.7 Å². The second-order valence-corrected chi connectivity index (χ2v) is 6.53. The predicted molar refractivity (Wildman–Crippen MR) is 95.2 cm³/mol. The number of amidine groups is 1. The molecule has 2 heterocycles. The van der Waals surface area contributed by atoms with Gasteiger partial charge in [0.25, 0.3) is 5.91 Å². The van der Waals surface area contributed by atoms with Gasteiger partial charge in [0.2, 0.25) is 0 Å². The molecule has 1 aromatic rings. The van der Waals surface area contributed by atoms with Gasteiger partial charge in [-0.15, -0.1) is 0 Å². The van der Waals surface area contributed by atoms with Gasteiger partial charge in [0.1, 0.15) is 0 Å². The Labute approximate surface area is 145 Å². The highest BCUT2D eigenvalue weighted by molar-refractivity contribution is 8.18. The number of ketones is 1. The standard InChI is InChI=1S/C18H18N2O3S/c1-13-5-7-14(8-6-13)15(21)3-2-4-16-17(22)19-18(24-16)20-9-11-23-12-10-20/h2-8H,9-12H2,1H3. The van der Waals surface area contributed by atoms with Gasteiger partial charge in [-0.1, -0.05) is 35.9 Å². The molecule has 1 fully saturated rings. The highest BCUT2D eigenvalue weighted by Gasteiger charge is 2.26. The topological polar surface area (TPSA) is 59.0 Å². The van der Waals surface area contributed by atoms with Crippen LogP contribution in [-0.2, 0) is 9.53 Å². The van der Waals surface area contributed by atoms with E-state index in [2.05, 4.69) is 4.99 Å². The molecule has 0 spiro atoms. The molecule has 0 aliphatic carbocycles. The van der Waals surface area contributed by atoms with Crippen molar-refractivity contribution in [1.29, 1.82) is 0 Å². The Hall–Kier alpha value is -2.18. The summed E-state index contributed by atoms with van der Waals surface area (Å²) in [6, 6.07) is 7.39. The van der Waals surface area contributed by atoms with Crippen molar-refractivity contribution in [3.05, 3.63) is 58.5 Å². The lowest BCUT2D eigenvalue weighted by atomic mass is 10.1. The summed E-state index contributed by atoms with van der Waals surface area (Å²) in [7, 11) is 0. The quantitative estimate of drug-likeness (QED) is 0.624. The molecule has 2 aliphatic heterocycles. The average Bonchev–Trinajstić information content (AvgIpc) is 2.97. The molecule has 124 valence electrons. The van der Waals surface area contributed by atoms with Gasteiger partial charge < -0.3 is 9.64 Å². The van der Waals surface area contributed by atoms with Gasteiger partial charge in [0.15, 0.2) is 11.0 Å². The van der Waals surface area contributed by atoms with Crippen molar-refractivity contribution >= 4 is 28.6 Å². The molecule has 24 heavy (non-hydrogen) atoms. The molecular weight excluding hydrogens is 324 g/mol. The van der Waals surface area contributed by atoms with Crippen molar-refractivity contribution in [1.82, 2.24) is 4.90 Å². The van der Waals surface area contributed by atoms with Crippen LogP contribution in [0.3, 0.4) is 0 Å². The van der Waals surface area contributed by atoms with Crippen molar-refractivity contribution < 1.29 is 14.3 Å². The largest absolute Gasteiger partial charge is 0.378 e. The first kappa shape index (κ1) is 16.7. The lowest BCUT2D eigenvalue weighted by Gasteiger charge is -2.27. The minimum absolute atomic E-state index is 0.0865. The number of nitrogens with zero attached hydrogens (tertiary/aromatic N) is 2. The molecule has 6 heteroatoms. The number of carbonyl (C=O) groups is 2. The Morgan fingerprint density at radius 1 is 1.25 bits per heavy atom. The van der Waals surface area contributed by atoms with Crippen LogP contribution < -0.4 is 0 Å². The Morgan fingerprint density at radius 2 is 1.96 bits per heavy atom. The van der Waals surface area contributed by atoms with Crippen LogP contribution in [0.25, 0.3) is 0 Å². The first-order valence-electron chi connectivity index (χ1n) is 7.76. The third-order valence-corrected chi connectivity index (χ3v) is 4.78. The van der Waals surface area contributed by atoms with E-state index in [0.29, 0.717) is 28.9 Å². The number of benzene rings is 1. The van der Waals surface area contributed by atoms with E-state index in [9.17, 15) is 9.59 Å². The highest BCUT2D eigenvalue weighted by atomic mass is 32.2. The summed E-state index contributed by atoms with van der Waals surface area (Å²) in [5, 5.41) is 0.716. The molecule has 0 atom stereocenters. The van der Waals surface area contributed by atoms with Crippen LogP contribution in [0.4, 0.5) is 0 Å². The molecule has 0 aromatic heterocycles. The number of aliphatic imine (C=N–C) groups is 1. The predicted octanol–water partition coefficient (Wildman–Crippen LogP) is 2.58. The number of hydrogen-bond acceptors (Lipinski definition) is 5. The molecule has 1 aromatic carbocycles. The fraction of sp³-hybridized carbons (Fsp3) is 0.278. The second kappa shape index (κ2) is 7.59.